The third kappa shape index (κ3) is 4.01. The predicted molar refractivity (Wildman–Crippen MR) is 112 cm³/mol. The van der Waals surface area contributed by atoms with E-state index in [1.54, 1.807) is 12.0 Å². The first kappa shape index (κ1) is 20.6. The Morgan fingerprint density at radius 2 is 2.18 bits per heavy atom. The minimum Gasteiger partial charge on any atom is -0.487 e. The molecule has 5 nitrogen and oxygen atoms in total. The van der Waals surface area contributed by atoms with Crippen molar-refractivity contribution in [2.75, 3.05) is 13.2 Å². The van der Waals surface area contributed by atoms with E-state index in [1.165, 1.54) is 17.0 Å². The minimum atomic E-state index is -0.968. The molecule has 2 aromatic carbocycles. The van der Waals surface area contributed by atoms with Crippen LogP contribution < -0.4 is 4.74 Å². The van der Waals surface area contributed by atoms with Crippen molar-refractivity contribution in [3.8, 4) is 5.75 Å². The third-order valence-electron chi connectivity index (χ3n) is 4.74. The lowest BCUT2D eigenvalue weighted by Gasteiger charge is -2.34. The van der Waals surface area contributed by atoms with Crippen LogP contribution in [0.15, 0.2) is 30.3 Å². The predicted octanol–water partition coefficient (Wildman–Crippen LogP) is 4.97. The maximum absolute atomic E-state index is 14.1. The zero-order valence-corrected chi connectivity index (χ0v) is 17.8. The first-order valence-corrected chi connectivity index (χ1v) is 9.92. The molecule has 0 saturated heterocycles. The molecular weight excluding hydrogens is 500 g/mol. The van der Waals surface area contributed by atoms with Crippen molar-refractivity contribution in [1.29, 1.82) is 0 Å². The van der Waals surface area contributed by atoms with E-state index in [2.05, 4.69) is 22.6 Å². The van der Waals surface area contributed by atoms with Gasteiger partial charge in [-0.05, 0) is 71.3 Å². The molecule has 0 spiro atoms. The van der Waals surface area contributed by atoms with Gasteiger partial charge in [0, 0.05) is 17.1 Å². The first-order valence-electron chi connectivity index (χ1n) is 8.46. The molecule has 0 aliphatic carbocycles. The van der Waals surface area contributed by atoms with E-state index < -0.39 is 11.9 Å². The average molecular weight is 516 g/mol. The summed E-state index contributed by atoms with van der Waals surface area (Å²) in [4.78, 5) is 24.2. The van der Waals surface area contributed by atoms with Crippen molar-refractivity contribution in [2.45, 2.75) is 19.4 Å². The summed E-state index contributed by atoms with van der Waals surface area (Å²) in [6.45, 7) is 2.10. The summed E-state index contributed by atoms with van der Waals surface area (Å²) in [5, 5.41) is 9.61. The standard InChI is InChI=1S/C20H16ClFINO4/c1-11-18-12(6-7-24(11)20(26)27)2-5-17(19(18)23)28-10-13(9-25)15-4-3-14(21)8-16(15)22/h2-5,8,11H,6-7,10H2,1H3,(H,26,27). The summed E-state index contributed by atoms with van der Waals surface area (Å²) in [7, 11) is 0. The molecule has 0 fully saturated rings. The van der Waals surface area contributed by atoms with Gasteiger partial charge < -0.3 is 14.7 Å². The van der Waals surface area contributed by atoms with Crippen molar-refractivity contribution in [2.24, 2.45) is 0 Å². The lowest BCUT2D eigenvalue weighted by atomic mass is 9.93. The molecule has 1 aliphatic heterocycles. The van der Waals surface area contributed by atoms with Crippen molar-refractivity contribution in [3.63, 3.8) is 0 Å². The summed E-state index contributed by atoms with van der Waals surface area (Å²) in [5.74, 6) is 1.61. The number of hydrogen-bond donors (Lipinski definition) is 1. The number of fused-ring (bicyclic) bond motifs is 1. The fourth-order valence-corrected chi connectivity index (χ4v) is 4.58. The Hall–Kier alpha value is -2.09. The molecule has 0 radical (unpaired) electrons. The first-order chi connectivity index (χ1) is 13.3. The van der Waals surface area contributed by atoms with Crippen LogP contribution in [0.1, 0.15) is 29.7 Å². The van der Waals surface area contributed by atoms with Gasteiger partial charge in [-0.1, -0.05) is 17.7 Å². The van der Waals surface area contributed by atoms with Gasteiger partial charge in [0.05, 0.1) is 15.2 Å². The maximum atomic E-state index is 14.1. The van der Waals surface area contributed by atoms with Crippen LogP contribution in [0.25, 0.3) is 5.57 Å². The van der Waals surface area contributed by atoms with Crippen LogP contribution in [0.3, 0.4) is 0 Å². The number of rotatable bonds is 4. The molecule has 2 aromatic rings. The van der Waals surface area contributed by atoms with E-state index in [1.807, 2.05) is 13.0 Å². The highest BCUT2D eigenvalue weighted by Crippen LogP contribution is 2.37. The Morgan fingerprint density at radius 1 is 1.43 bits per heavy atom. The summed E-state index contributed by atoms with van der Waals surface area (Å²) in [6.07, 6.45) is -0.345. The summed E-state index contributed by atoms with van der Waals surface area (Å²) >= 11 is 7.86. The zero-order chi connectivity index (χ0) is 20.4. The maximum Gasteiger partial charge on any atom is 0.407 e. The summed E-state index contributed by atoms with van der Waals surface area (Å²) in [5.41, 5.74) is 2.07. The number of amides is 1. The summed E-state index contributed by atoms with van der Waals surface area (Å²) in [6, 6.07) is 7.39. The van der Waals surface area contributed by atoms with Crippen LogP contribution in [-0.4, -0.2) is 35.2 Å². The molecule has 1 atom stereocenters. The smallest absolute Gasteiger partial charge is 0.407 e. The van der Waals surface area contributed by atoms with Crippen LogP contribution in [0.2, 0.25) is 5.02 Å². The number of halogens is 3. The van der Waals surface area contributed by atoms with E-state index in [0.29, 0.717) is 18.7 Å². The molecule has 1 N–H and O–H groups in total. The van der Waals surface area contributed by atoms with Gasteiger partial charge >= 0.3 is 6.09 Å². The van der Waals surface area contributed by atoms with Crippen LogP contribution in [0.4, 0.5) is 9.18 Å². The number of carboxylic acid groups (broad SMARTS) is 1. The van der Waals surface area contributed by atoms with E-state index in [0.717, 1.165) is 20.8 Å². The number of benzene rings is 2. The summed E-state index contributed by atoms with van der Waals surface area (Å²) < 4.78 is 20.6. The van der Waals surface area contributed by atoms with Crippen LogP contribution in [0.5, 0.6) is 5.75 Å². The molecule has 1 unspecified atom stereocenters. The number of carbonyl (C=O) groups is 1. The molecule has 1 amide bonds. The zero-order valence-electron chi connectivity index (χ0n) is 14.8. The Balaban J connectivity index is 1.86. The fourth-order valence-electron chi connectivity index (χ4n) is 3.29. The topological polar surface area (TPSA) is 66.8 Å². The highest BCUT2D eigenvalue weighted by atomic mass is 127. The average Bonchev–Trinajstić information content (AvgIpc) is 2.64. The fraction of sp³-hybridized carbons (Fsp3) is 0.250. The highest BCUT2D eigenvalue weighted by Gasteiger charge is 2.30. The van der Waals surface area contributed by atoms with Crippen molar-refractivity contribution in [1.82, 2.24) is 4.90 Å². The molecule has 8 heteroatoms. The van der Waals surface area contributed by atoms with Crippen LogP contribution >= 0.6 is 34.2 Å². The monoisotopic (exact) mass is 515 g/mol. The van der Waals surface area contributed by atoms with Gasteiger partial charge in [0.25, 0.3) is 0 Å². The molecule has 1 aliphatic rings. The lowest BCUT2D eigenvalue weighted by Crippen LogP contribution is -2.38. The van der Waals surface area contributed by atoms with Crippen molar-refractivity contribution < 1.29 is 23.8 Å². The lowest BCUT2D eigenvalue weighted by molar-refractivity contribution is 0.124. The van der Waals surface area contributed by atoms with Gasteiger partial charge in [-0.3, -0.25) is 0 Å². The molecule has 1 heterocycles. The van der Waals surface area contributed by atoms with Gasteiger partial charge in [-0.15, -0.1) is 0 Å². The van der Waals surface area contributed by atoms with Crippen molar-refractivity contribution >= 4 is 51.8 Å². The molecule has 28 heavy (non-hydrogen) atoms. The van der Waals surface area contributed by atoms with E-state index in [4.69, 9.17) is 16.3 Å². The molecule has 0 aromatic heterocycles. The second-order valence-corrected chi connectivity index (χ2v) is 7.86. The molecule has 3 rings (SSSR count). The Bertz CT molecular complexity index is 990. The van der Waals surface area contributed by atoms with E-state index >= 15 is 0 Å². The number of nitrogens with zero attached hydrogens (tertiary/aromatic N) is 1. The van der Waals surface area contributed by atoms with Gasteiger partial charge in [-0.25, -0.2) is 14.0 Å². The number of ether oxygens (including phenoxy) is 1. The molecule has 146 valence electrons. The largest absolute Gasteiger partial charge is 0.487 e. The Kier molecular flexibility index (Phi) is 6.27. The van der Waals surface area contributed by atoms with Crippen LogP contribution in [-0.2, 0) is 11.2 Å². The quantitative estimate of drug-likeness (QED) is 0.461. The third-order valence-corrected chi connectivity index (χ3v) is 6.09. The second kappa shape index (κ2) is 8.51. The van der Waals surface area contributed by atoms with Gasteiger partial charge in [0.2, 0.25) is 0 Å². The van der Waals surface area contributed by atoms with E-state index in [9.17, 15) is 19.1 Å². The Labute approximate surface area is 179 Å². The van der Waals surface area contributed by atoms with Gasteiger partial charge in [0.15, 0.2) is 0 Å². The van der Waals surface area contributed by atoms with Gasteiger partial charge in [0.1, 0.15) is 24.1 Å². The highest BCUT2D eigenvalue weighted by molar-refractivity contribution is 14.1. The number of carbonyl (C=O) groups excluding carboxylic acids is 1. The van der Waals surface area contributed by atoms with E-state index in [-0.39, 0.29) is 28.8 Å². The Morgan fingerprint density at radius 3 is 2.82 bits per heavy atom. The van der Waals surface area contributed by atoms with Gasteiger partial charge in [-0.2, -0.15) is 0 Å². The number of hydrogen-bond acceptors (Lipinski definition) is 3. The SMILES string of the molecule is CC1c2c(ccc(OCC(=C=O)c3ccc(Cl)cc3F)c2I)CCN1C(=O)O. The molecule has 0 bridgehead atoms. The second-order valence-electron chi connectivity index (χ2n) is 6.35. The minimum absolute atomic E-state index is 0.0305. The van der Waals surface area contributed by atoms with Crippen LogP contribution in [0, 0.1) is 9.39 Å². The molecular formula is C20H16ClFINO4. The van der Waals surface area contributed by atoms with Crippen molar-refractivity contribution in [3.05, 3.63) is 61.4 Å². The normalized spacial score (nSPS) is 15.6. The molecule has 0 saturated carbocycles.